The number of halogens is 2. The third kappa shape index (κ3) is 4.04. The van der Waals surface area contributed by atoms with Crippen molar-refractivity contribution in [3.8, 4) is 5.69 Å². The van der Waals surface area contributed by atoms with Crippen molar-refractivity contribution in [2.45, 2.75) is 32.9 Å². The van der Waals surface area contributed by atoms with E-state index >= 15 is 0 Å². The Labute approximate surface area is 218 Å². The standard InChI is InChI=1S/C27H24BrClN4S/c1-16-7-10-20(29)15-24(16)32-17(2)14-22(18(32)3)26-25(23-6-4-5-13-30-23)31-27(34)33(26)21-11-8-19(28)9-12-21/h4-15,25-26H,1-3H3,(H,31,34)/t25-,26-/m0/s1. The Balaban J connectivity index is 1.70. The molecule has 4 aromatic rings. The Morgan fingerprint density at radius 2 is 1.76 bits per heavy atom. The van der Waals surface area contributed by atoms with Crippen molar-refractivity contribution >= 4 is 50.5 Å². The smallest absolute Gasteiger partial charge is 0.174 e. The molecular weight excluding hydrogens is 528 g/mol. The number of nitrogens with zero attached hydrogens (tertiary/aromatic N) is 3. The van der Waals surface area contributed by atoms with Gasteiger partial charge in [-0.1, -0.05) is 39.7 Å². The summed E-state index contributed by atoms with van der Waals surface area (Å²) in [5, 5.41) is 4.96. The summed E-state index contributed by atoms with van der Waals surface area (Å²) in [5.41, 5.74) is 7.75. The first-order valence-electron chi connectivity index (χ1n) is 11.1. The third-order valence-corrected chi connectivity index (χ3v) is 7.48. The third-order valence-electron chi connectivity index (χ3n) is 6.40. The number of aryl methyl sites for hydroxylation is 2. The number of nitrogens with one attached hydrogen (secondary N) is 1. The minimum atomic E-state index is -0.0910. The summed E-state index contributed by atoms with van der Waals surface area (Å²) in [4.78, 5) is 6.88. The van der Waals surface area contributed by atoms with Crippen LogP contribution in [0.4, 0.5) is 5.69 Å². The van der Waals surface area contributed by atoms with Crippen LogP contribution in [0.2, 0.25) is 5.02 Å². The molecule has 0 spiro atoms. The maximum Gasteiger partial charge on any atom is 0.174 e. The van der Waals surface area contributed by atoms with E-state index in [0.29, 0.717) is 5.11 Å². The summed E-state index contributed by atoms with van der Waals surface area (Å²) in [6.07, 6.45) is 1.83. The summed E-state index contributed by atoms with van der Waals surface area (Å²) < 4.78 is 3.31. The fraction of sp³-hybridized carbons (Fsp3) is 0.185. The van der Waals surface area contributed by atoms with Gasteiger partial charge in [-0.2, -0.15) is 0 Å². The molecule has 172 valence electrons. The van der Waals surface area contributed by atoms with Gasteiger partial charge < -0.3 is 14.8 Å². The monoisotopic (exact) mass is 550 g/mol. The summed E-state index contributed by atoms with van der Waals surface area (Å²) in [5.74, 6) is 0. The quantitative estimate of drug-likeness (QED) is 0.268. The van der Waals surface area contributed by atoms with Crippen LogP contribution < -0.4 is 10.2 Å². The van der Waals surface area contributed by atoms with E-state index in [1.165, 1.54) is 11.1 Å². The Bertz CT molecular complexity index is 1370. The molecule has 0 bridgehead atoms. The Morgan fingerprint density at radius 1 is 1.00 bits per heavy atom. The predicted molar refractivity (Wildman–Crippen MR) is 147 cm³/mol. The maximum absolute atomic E-state index is 6.38. The first-order valence-corrected chi connectivity index (χ1v) is 12.6. The SMILES string of the molecule is Cc1ccc(Cl)cc1-n1c(C)cc([C@H]2[C@H](c3ccccn3)NC(=S)N2c2ccc(Br)cc2)c1C. The number of hydrogen-bond donors (Lipinski definition) is 1. The van der Waals surface area contributed by atoms with E-state index in [1.807, 2.05) is 42.6 Å². The highest BCUT2D eigenvalue weighted by Gasteiger charge is 2.42. The molecule has 7 heteroatoms. The molecule has 34 heavy (non-hydrogen) atoms. The van der Waals surface area contributed by atoms with E-state index in [4.69, 9.17) is 23.8 Å². The number of aromatic nitrogens is 2. The topological polar surface area (TPSA) is 33.1 Å². The largest absolute Gasteiger partial charge is 0.351 e. The molecule has 2 aromatic heterocycles. The molecule has 1 aliphatic heterocycles. The maximum atomic E-state index is 6.38. The lowest BCUT2D eigenvalue weighted by molar-refractivity contribution is 0.565. The number of thiocarbonyl (C=S) groups is 1. The minimum Gasteiger partial charge on any atom is -0.351 e. The van der Waals surface area contributed by atoms with Gasteiger partial charge in [-0.05, 0) is 98.7 Å². The van der Waals surface area contributed by atoms with Gasteiger partial charge in [-0.3, -0.25) is 4.98 Å². The first-order chi connectivity index (χ1) is 16.3. The second-order valence-electron chi connectivity index (χ2n) is 8.57. The normalized spacial score (nSPS) is 17.8. The molecular formula is C27H24BrClN4S. The molecule has 2 atom stereocenters. The van der Waals surface area contributed by atoms with Crippen molar-refractivity contribution < 1.29 is 0 Å². The Kier molecular flexibility index (Phi) is 6.23. The average Bonchev–Trinajstić information content (AvgIpc) is 3.32. The number of pyridine rings is 1. The van der Waals surface area contributed by atoms with Crippen LogP contribution in [0.25, 0.3) is 5.69 Å². The van der Waals surface area contributed by atoms with Gasteiger partial charge in [-0.25, -0.2) is 0 Å². The van der Waals surface area contributed by atoms with E-state index in [-0.39, 0.29) is 12.1 Å². The number of rotatable bonds is 4. The van der Waals surface area contributed by atoms with Crippen LogP contribution >= 0.6 is 39.7 Å². The van der Waals surface area contributed by atoms with Crippen LogP contribution in [0.1, 0.15) is 40.3 Å². The van der Waals surface area contributed by atoms with Crippen LogP contribution in [0.15, 0.2) is 77.4 Å². The van der Waals surface area contributed by atoms with E-state index in [1.54, 1.807) is 0 Å². The zero-order chi connectivity index (χ0) is 24.0. The van der Waals surface area contributed by atoms with Crippen molar-refractivity contribution in [2.24, 2.45) is 0 Å². The van der Waals surface area contributed by atoms with Crippen molar-refractivity contribution in [3.05, 3.63) is 111 Å². The highest BCUT2D eigenvalue weighted by molar-refractivity contribution is 9.10. The molecule has 0 amide bonds. The lowest BCUT2D eigenvalue weighted by Gasteiger charge is -2.28. The van der Waals surface area contributed by atoms with Crippen molar-refractivity contribution in [3.63, 3.8) is 0 Å². The Hall–Kier alpha value is -2.67. The molecule has 0 radical (unpaired) electrons. The molecule has 4 nitrogen and oxygen atoms in total. The van der Waals surface area contributed by atoms with Gasteiger partial charge in [0.25, 0.3) is 0 Å². The van der Waals surface area contributed by atoms with E-state index in [9.17, 15) is 0 Å². The van der Waals surface area contributed by atoms with Gasteiger partial charge in [0.15, 0.2) is 5.11 Å². The van der Waals surface area contributed by atoms with Gasteiger partial charge in [0.2, 0.25) is 0 Å². The van der Waals surface area contributed by atoms with Gasteiger partial charge >= 0.3 is 0 Å². The summed E-state index contributed by atoms with van der Waals surface area (Å²) in [6, 6.07) is 22.4. The predicted octanol–water partition coefficient (Wildman–Crippen LogP) is 7.39. The molecule has 1 saturated heterocycles. The minimum absolute atomic E-state index is 0.0667. The zero-order valence-corrected chi connectivity index (χ0v) is 22.2. The number of benzene rings is 2. The van der Waals surface area contributed by atoms with E-state index < -0.39 is 0 Å². The molecule has 0 aliphatic carbocycles. The molecule has 1 fully saturated rings. The molecule has 0 unspecified atom stereocenters. The molecule has 1 N–H and O–H groups in total. The summed E-state index contributed by atoms with van der Waals surface area (Å²) in [7, 11) is 0. The number of anilines is 1. The van der Waals surface area contributed by atoms with Crippen molar-refractivity contribution in [1.29, 1.82) is 0 Å². The van der Waals surface area contributed by atoms with Crippen LogP contribution in [0.5, 0.6) is 0 Å². The lowest BCUT2D eigenvalue weighted by atomic mass is 9.96. The fourth-order valence-electron chi connectivity index (χ4n) is 4.83. The summed E-state index contributed by atoms with van der Waals surface area (Å²) in [6.45, 7) is 6.41. The van der Waals surface area contributed by atoms with Crippen LogP contribution in [-0.4, -0.2) is 14.7 Å². The molecule has 0 saturated carbocycles. The van der Waals surface area contributed by atoms with E-state index in [0.717, 1.165) is 38.0 Å². The van der Waals surface area contributed by atoms with Gasteiger partial charge in [-0.15, -0.1) is 0 Å². The van der Waals surface area contributed by atoms with E-state index in [2.05, 4.69) is 86.8 Å². The molecule has 3 heterocycles. The second-order valence-corrected chi connectivity index (χ2v) is 10.3. The Morgan fingerprint density at radius 3 is 2.47 bits per heavy atom. The van der Waals surface area contributed by atoms with Crippen LogP contribution in [-0.2, 0) is 0 Å². The lowest BCUT2D eigenvalue weighted by Crippen LogP contribution is -2.29. The zero-order valence-electron chi connectivity index (χ0n) is 19.1. The molecule has 5 rings (SSSR count). The first kappa shape index (κ1) is 23.1. The van der Waals surface area contributed by atoms with Gasteiger partial charge in [0, 0.05) is 38.5 Å². The molecule has 2 aromatic carbocycles. The summed E-state index contributed by atoms with van der Waals surface area (Å²) >= 11 is 15.8. The second kappa shape index (κ2) is 9.17. The van der Waals surface area contributed by atoms with Crippen LogP contribution in [0.3, 0.4) is 0 Å². The van der Waals surface area contributed by atoms with Crippen LogP contribution in [0, 0.1) is 20.8 Å². The highest BCUT2D eigenvalue weighted by Crippen LogP contribution is 2.44. The molecule has 1 aliphatic rings. The average molecular weight is 552 g/mol. The fourth-order valence-corrected chi connectivity index (χ4v) is 5.61. The number of hydrogen-bond acceptors (Lipinski definition) is 2. The van der Waals surface area contributed by atoms with Gasteiger partial charge in [0.1, 0.15) is 0 Å². The van der Waals surface area contributed by atoms with Crippen molar-refractivity contribution in [2.75, 3.05) is 4.90 Å². The van der Waals surface area contributed by atoms with Crippen molar-refractivity contribution in [1.82, 2.24) is 14.9 Å². The van der Waals surface area contributed by atoms with Gasteiger partial charge in [0.05, 0.1) is 17.8 Å². The highest BCUT2D eigenvalue weighted by atomic mass is 79.9.